The second-order valence-electron chi connectivity index (χ2n) is 14.1. The van der Waals surface area contributed by atoms with Gasteiger partial charge in [-0.2, -0.15) is 0 Å². The average Bonchev–Trinajstić information content (AvgIpc) is 3.54. The van der Waals surface area contributed by atoms with Crippen LogP contribution in [0.15, 0.2) is 0 Å². The van der Waals surface area contributed by atoms with Gasteiger partial charge in [0.05, 0.1) is 12.6 Å². The largest absolute Gasteiger partial charge is 0.480 e. The van der Waals surface area contributed by atoms with Gasteiger partial charge in [0.25, 0.3) is 0 Å². The molecule has 1 aliphatic heterocycles. The molecule has 0 bridgehead atoms. The van der Waals surface area contributed by atoms with Crippen molar-refractivity contribution in [2.75, 3.05) is 19.6 Å². The summed E-state index contributed by atoms with van der Waals surface area (Å²) in [7, 11) is 0. The van der Waals surface area contributed by atoms with E-state index in [4.69, 9.17) is 16.6 Å². The molecule has 1 rings (SSSR count). The van der Waals surface area contributed by atoms with Crippen molar-refractivity contribution in [3.8, 4) is 0 Å². The number of nitrogens with zero attached hydrogens (tertiary/aromatic N) is 1. The first-order chi connectivity index (χ1) is 24.2. The fourth-order valence-corrected chi connectivity index (χ4v) is 5.43. The highest BCUT2D eigenvalue weighted by Gasteiger charge is 2.39. The van der Waals surface area contributed by atoms with Crippen LogP contribution in [0.5, 0.6) is 0 Å². The Bertz CT molecular complexity index is 1320. The molecule has 0 aromatic heterocycles. The van der Waals surface area contributed by atoms with Crippen molar-refractivity contribution in [1.82, 2.24) is 36.8 Å². The monoisotopic (exact) mass is 739 g/mol. The molecule has 1 heterocycles. The van der Waals surface area contributed by atoms with E-state index >= 15 is 0 Å². The van der Waals surface area contributed by atoms with E-state index < -0.39 is 114 Å². The number of hydrogen-bond donors (Lipinski definition) is 9. The Morgan fingerprint density at radius 1 is 0.731 bits per heavy atom. The smallest absolute Gasteiger partial charge is 0.322 e. The maximum atomic E-state index is 13.7. The fraction of sp³-hybridized carbons (Fsp3) is 0.727. The summed E-state index contributed by atoms with van der Waals surface area (Å²) in [6.07, 6.45) is 0.363. The summed E-state index contributed by atoms with van der Waals surface area (Å²) in [5.74, 6) is -7.75. The molecule has 19 heteroatoms. The molecule has 1 saturated heterocycles. The molecule has 0 aromatic rings. The van der Waals surface area contributed by atoms with Gasteiger partial charge in [-0.15, -0.1) is 0 Å². The summed E-state index contributed by atoms with van der Waals surface area (Å²) in [6, 6.07) is -6.58. The molecule has 1 aliphatic rings. The van der Waals surface area contributed by atoms with Gasteiger partial charge in [-0.05, 0) is 50.4 Å². The molecule has 8 amide bonds. The van der Waals surface area contributed by atoms with Gasteiger partial charge >= 0.3 is 5.97 Å². The SMILES string of the molecule is CC(C)C[C@H](NC(=O)[C@@H](NC(=O)CNC(=O)[C@H](C)N)C(C)C)C(=O)N[C@H](C(=O)N[C@@H](CCC(N)=O)C(=O)N1CCC[C@H]1C(=O)NCC(=O)O)C(C)C. The number of carbonyl (C=O) groups excluding carboxylic acids is 8. The minimum absolute atomic E-state index is 0.0974. The summed E-state index contributed by atoms with van der Waals surface area (Å²) < 4.78 is 0. The highest BCUT2D eigenvalue weighted by atomic mass is 16.4. The number of carbonyl (C=O) groups is 9. The standard InChI is InChI=1S/C33H57N9O10/c1-16(2)13-21(39-31(50)26(17(3)4)40-24(44)14-36-28(47)19(7)34)29(48)41-27(18(5)6)32(51)38-20(10-11-23(35)43)33(52)42-12-8-9-22(42)30(49)37-15-25(45)46/h16-22,26-27H,8-15,34H2,1-7H3,(H2,35,43)(H,36,47)(H,37,49)(H,38,51)(H,39,50)(H,40,44)(H,41,48)(H,45,46)/t19-,20-,21-,22-,26-,27-/m0/s1. The minimum Gasteiger partial charge on any atom is -0.480 e. The van der Waals surface area contributed by atoms with Crippen LogP contribution in [0.2, 0.25) is 0 Å². The van der Waals surface area contributed by atoms with Crippen LogP contribution in [-0.4, -0.2) is 119 Å². The molecule has 0 aromatic carbocycles. The van der Waals surface area contributed by atoms with Crippen molar-refractivity contribution >= 4 is 53.2 Å². The van der Waals surface area contributed by atoms with Crippen molar-refractivity contribution in [2.24, 2.45) is 29.2 Å². The van der Waals surface area contributed by atoms with Crippen molar-refractivity contribution < 1.29 is 48.3 Å². The van der Waals surface area contributed by atoms with Gasteiger partial charge < -0.3 is 53.4 Å². The van der Waals surface area contributed by atoms with E-state index in [2.05, 4.69) is 31.9 Å². The molecular formula is C33H57N9O10. The number of carboxylic acid groups (broad SMARTS) is 1. The molecule has 52 heavy (non-hydrogen) atoms. The topological polar surface area (TPSA) is 301 Å². The van der Waals surface area contributed by atoms with Crippen molar-refractivity contribution in [2.45, 2.75) is 117 Å². The lowest BCUT2D eigenvalue weighted by Gasteiger charge is -2.31. The third-order valence-electron chi connectivity index (χ3n) is 8.24. The van der Waals surface area contributed by atoms with Crippen LogP contribution >= 0.6 is 0 Å². The Morgan fingerprint density at radius 3 is 1.79 bits per heavy atom. The lowest BCUT2D eigenvalue weighted by Crippen LogP contribution is -2.61. The highest BCUT2D eigenvalue weighted by Crippen LogP contribution is 2.20. The van der Waals surface area contributed by atoms with E-state index in [0.717, 1.165) is 0 Å². The Morgan fingerprint density at radius 2 is 1.29 bits per heavy atom. The fourth-order valence-electron chi connectivity index (χ4n) is 5.43. The van der Waals surface area contributed by atoms with Crippen LogP contribution in [-0.2, 0) is 43.2 Å². The number of amides is 8. The number of nitrogens with one attached hydrogen (secondary N) is 6. The van der Waals surface area contributed by atoms with Crippen LogP contribution in [0.4, 0.5) is 0 Å². The Labute approximate surface area is 303 Å². The number of aliphatic carboxylic acids is 1. The predicted molar refractivity (Wildman–Crippen MR) is 187 cm³/mol. The third kappa shape index (κ3) is 15.2. The molecule has 0 aliphatic carbocycles. The summed E-state index contributed by atoms with van der Waals surface area (Å²) in [5, 5.41) is 24.0. The molecule has 11 N–H and O–H groups in total. The van der Waals surface area contributed by atoms with Crippen molar-refractivity contribution in [3.63, 3.8) is 0 Å². The normalized spacial score (nSPS) is 17.0. The zero-order valence-electron chi connectivity index (χ0n) is 31.1. The highest BCUT2D eigenvalue weighted by molar-refractivity contribution is 5.97. The molecule has 1 fully saturated rings. The van der Waals surface area contributed by atoms with Gasteiger partial charge in [0, 0.05) is 13.0 Å². The minimum atomic E-state index is -1.31. The summed E-state index contributed by atoms with van der Waals surface area (Å²) >= 11 is 0. The van der Waals surface area contributed by atoms with Gasteiger partial charge in [0.2, 0.25) is 47.3 Å². The first kappa shape index (κ1) is 45.2. The van der Waals surface area contributed by atoms with Gasteiger partial charge in [0.1, 0.15) is 36.8 Å². The summed E-state index contributed by atoms with van der Waals surface area (Å²) in [4.78, 5) is 115. The second kappa shape index (κ2) is 21.5. The first-order valence-electron chi connectivity index (χ1n) is 17.5. The van der Waals surface area contributed by atoms with E-state index in [-0.39, 0.29) is 38.1 Å². The molecular weight excluding hydrogens is 682 g/mol. The number of hydrogen-bond acceptors (Lipinski definition) is 10. The van der Waals surface area contributed by atoms with Gasteiger partial charge in [-0.1, -0.05) is 41.5 Å². The van der Waals surface area contributed by atoms with Crippen LogP contribution in [0.1, 0.15) is 80.6 Å². The molecule has 294 valence electrons. The van der Waals surface area contributed by atoms with Crippen molar-refractivity contribution in [3.05, 3.63) is 0 Å². The van der Waals surface area contributed by atoms with Gasteiger partial charge in [-0.25, -0.2) is 0 Å². The third-order valence-corrected chi connectivity index (χ3v) is 8.24. The van der Waals surface area contributed by atoms with Crippen LogP contribution in [0.3, 0.4) is 0 Å². The van der Waals surface area contributed by atoms with Crippen LogP contribution in [0, 0.1) is 17.8 Å². The Kier molecular flexibility index (Phi) is 18.7. The van der Waals surface area contributed by atoms with E-state index in [1.807, 2.05) is 13.8 Å². The Balaban J connectivity index is 3.18. The zero-order valence-corrected chi connectivity index (χ0v) is 31.1. The average molecular weight is 740 g/mol. The molecule has 0 saturated carbocycles. The molecule has 0 spiro atoms. The number of likely N-dealkylation sites (tertiary alicyclic amines) is 1. The molecule has 0 unspecified atom stereocenters. The molecule has 19 nitrogen and oxygen atoms in total. The van der Waals surface area contributed by atoms with E-state index in [0.29, 0.717) is 6.42 Å². The molecule has 0 radical (unpaired) electrons. The Hall–Kier alpha value is -4.81. The summed E-state index contributed by atoms with van der Waals surface area (Å²) in [6.45, 7) is 10.9. The first-order valence-corrected chi connectivity index (χ1v) is 17.5. The zero-order chi connectivity index (χ0) is 39.9. The number of primary amides is 1. The van der Waals surface area contributed by atoms with Crippen LogP contribution < -0.4 is 43.4 Å². The van der Waals surface area contributed by atoms with E-state index in [9.17, 15) is 43.2 Å². The van der Waals surface area contributed by atoms with E-state index in [1.165, 1.54) is 11.8 Å². The van der Waals surface area contributed by atoms with Gasteiger partial charge in [0.15, 0.2) is 0 Å². The summed E-state index contributed by atoms with van der Waals surface area (Å²) in [5.41, 5.74) is 10.8. The molecule has 6 atom stereocenters. The maximum Gasteiger partial charge on any atom is 0.322 e. The maximum absolute atomic E-state index is 13.7. The lowest BCUT2D eigenvalue weighted by atomic mass is 9.98. The lowest BCUT2D eigenvalue weighted by molar-refractivity contribution is -0.143. The van der Waals surface area contributed by atoms with Crippen molar-refractivity contribution in [1.29, 1.82) is 0 Å². The second-order valence-corrected chi connectivity index (χ2v) is 14.1. The quantitative estimate of drug-likeness (QED) is 0.0579. The van der Waals surface area contributed by atoms with E-state index in [1.54, 1.807) is 27.7 Å². The van der Waals surface area contributed by atoms with Gasteiger partial charge in [-0.3, -0.25) is 43.2 Å². The van der Waals surface area contributed by atoms with Crippen LogP contribution in [0.25, 0.3) is 0 Å². The predicted octanol–water partition coefficient (Wildman–Crippen LogP) is -2.80. The number of rotatable bonds is 21. The number of carboxylic acids is 1. The number of nitrogens with two attached hydrogens (primary N) is 2.